The summed E-state index contributed by atoms with van der Waals surface area (Å²) in [5.74, 6) is 0.823. The number of methoxy groups -OCH3 is 2. The molecule has 1 aromatic rings. The lowest BCUT2D eigenvalue weighted by atomic mass is 9.79. The second-order valence-electron chi connectivity index (χ2n) is 6.09. The van der Waals surface area contributed by atoms with Crippen LogP contribution in [0.4, 0.5) is 0 Å². The number of aromatic nitrogens is 1. The van der Waals surface area contributed by atoms with E-state index < -0.39 is 0 Å². The average Bonchev–Trinajstić information content (AvgIpc) is 2.87. The molecule has 0 spiro atoms. The van der Waals surface area contributed by atoms with E-state index in [-0.39, 0.29) is 17.7 Å². The van der Waals surface area contributed by atoms with Crippen molar-refractivity contribution in [3.63, 3.8) is 0 Å². The van der Waals surface area contributed by atoms with Gasteiger partial charge in [0.15, 0.2) is 0 Å². The molecule has 1 saturated carbocycles. The zero-order chi connectivity index (χ0) is 14.9. The quantitative estimate of drug-likeness (QED) is 0.913. The van der Waals surface area contributed by atoms with Crippen LogP contribution in [0.1, 0.15) is 31.4 Å². The van der Waals surface area contributed by atoms with Gasteiger partial charge in [0.2, 0.25) is 0 Å². The van der Waals surface area contributed by atoms with Gasteiger partial charge in [0, 0.05) is 32.4 Å². The Kier molecular flexibility index (Phi) is 4.15. The number of rotatable bonds is 4. The minimum Gasteiger partial charge on any atom is -0.495 e. The van der Waals surface area contributed by atoms with Crippen molar-refractivity contribution in [2.75, 3.05) is 20.8 Å². The van der Waals surface area contributed by atoms with Crippen molar-refractivity contribution >= 4 is 0 Å². The first-order valence-electron chi connectivity index (χ1n) is 7.63. The van der Waals surface area contributed by atoms with Gasteiger partial charge in [-0.1, -0.05) is 0 Å². The topological polar surface area (TPSA) is 54.8 Å². The van der Waals surface area contributed by atoms with Gasteiger partial charge < -0.3 is 14.6 Å². The minimum absolute atomic E-state index is 0.0960. The second kappa shape index (κ2) is 5.91. The van der Waals surface area contributed by atoms with Crippen LogP contribution in [0.25, 0.3) is 0 Å². The van der Waals surface area contributed by atoms with Gasteiger partial charge in [0.1, 0.15) is 5.75 Å². The van der Waals surface area contributed by atoms with Gasteiger partial charge in [-0.25, -0.2) is 0 Å². The lowest BCUT2D eigenvalue weighted by molar-refractivity contribution is -0.0881. The van der Waals surface area contributed by atoms with Crippen LogP contribution in [-0.2, 0) is 11.3 Å². The molecule has 3 atom stereocenters. The highest BCUT2D eigenvalue weighted by molar-refractivity contribution is 5.27. The Hall–Kier alpha value is -1.17. The molecule has 2 aliphatic rings. The smallest absolute Gasteiger partial charge is 0.141 e. The molecule has 3 rings (SSSR count). The molecule has 1 N–H and O–H groups in total. The van der Waals surface area contributed by atoms with Gasteiger partial charge in [-0.3, -0.25) is 9.88 Å². The molecule has 0 unspecified atom stereocenters. The van der Waals surface area contributed by atoms with Crippen molar-refractivity contribution in [2.45, 2.75) is 50.0 Å². The second-order valence-corrected chi connectivity index (χ2v) is 6.09. The van der Waals surface area contributed by atoms with Crippen molar-refractivity contribution in [2.24, 2.45) is 0 Å². The van der Waals surface area contributed by atoms with Crippen LogP contribution in [0.2, 0.25) is 0 Å². The third kappa shape index (κ3) is 2.65. The molecular formula is C16H24N2O3. The standard InChI is InChI=1S/C16H24N2O3/c1-20-14-4-3-8-17-13(14)11-18-9-7-16(21-2)6-5-12(19)10-15(16)18/h3-4,8,12,15,19H,5-7,9-11H2,1-2H3/t12-,15+,16-/m1/s1. The van der Waals surface area contributed by atoms with Gasteiger partial charge in [0.25, 0.3) is 0 Å². The third-order valence-corrected chi connectivity index (χ3v) is 5.09. The third-order valence-electron chi connectivity index (χ3n) is 5.09. The molecule has 5 heteroatoms. The Morgan fingerprint density at radius 2 is 2.29 bits per heavy atom. The summed E-state index contributed by atoms with van der Waals surface area (Å²) >= 11 is 0. The van der Waals surface area contributed by atoms with E-state index in [1.54, 1.807) is 20.4 Å². The predicted molar refractivity (Wildman–Crippen MR) is 79.2 cm³/mol. The highest BCUT2D eigenvalue weighted by Crippen LogP contribution is 2.43. The van der Waals surface area contributed by atoms with Crippen molar-refractivity contribution in [3.05, 3.63) is 24.0 Å². The zero-order valence-electron chi connectivity index (χ0n) is 12.8. The lowest BCUT2D eigenvalue weighted by Crippen LogP contribution is -2.51. The fraction of sp³-hybridized carbons (Fsp3) is 0.688. The highest BCUT2D eigenvalue weighted by atomic mass is 16.5. The Balaban J connectivity index is 1.80. The molecular weight excluding hydrogens is 268 g/mol. The fourth-order valence-corrected chi connectivity index (χ4v) is 3.88. The number of ether oxygens (including phenoxy) is 2. The van der Waals surface area contributed by atoms with Crippen molar-refractivity contribution in [1.82, 2.24) is 9.88 Å². The molecule has 1 aliphatic heterocycles. The number of fused-ring (bicyclic) bond motifs is 1. The van der Waals surface area contributed by atoms with Gasteiger partial charge in [-0.05, 0) is 37.8 Å². The van der Waals surface area contributed by atoms with Crippen LogP contribution in [-0.4, -0.2) is 53.5 Å². The first-order valence-corrected chi connectivity index (χ1v) is 7.63. The van der Waals surface area contributed by atoms with Gasteiger partial charge >= 0.3 is 0 Å². The summed E-state index contributed by atoms with van der Waals surface area (Å²) in [7, 11) is 3.48. The van der Waals surface area contributed by atoms with Crippen molar-refractivity contribution in [3.8, 4) is 5.75 Å². The summed E-state index contributed by atoms with van der Waals surface area (Å²) in [6.07, 6.45) is 5.16. The number of hydrogen-bond donors (Lipinski definition) is 1. The molecule has 116 valence electrons. The molecule has 1 aromatic heterocycles. The summed E-state index contributed by atoms with van der Waals surface area (Å²) in [6, 6.07) is 4.09. The van der Waals surface area contributed by atoms with Crippen LogP contribution in [0.15, 0.2) is 18.3 Å². The van der Waals surface area contributed by atoms with E-state index in [0.29, 0.717) is 0 Å². The normalized spacial score (nSPS) is 32.9. The largest absolute Gasteiger partial charge is 0.495 e. The number of pyridine rings is 1. The summed E-state index contributed by atoms with van der Waals surface area (Å²) in [5, 5.41) is 10.0. The van der Waals surface area contributed by atoms with Gasteiger partial charge in [-0.2, -0.15) is 0 Å². The van der Waals surface area contributed by atoms with E-state index in [4.69, 9.17) is 9.47 Å². The summed E-state index contributed by atoms with van der Waals surface area (Å²) < 4.78 is 11.3. The van der Waals surface area contributed by atoms with E-state index in [1.807, 2.05) is 12.1 Å². The van der Waals surface area contributed by atoms with E-state index in [1.165, 1.54) is 0 Å². The Morgan fingerprint density at radius 1 is 1.43 bits per heavy atom. The molecule has 2 heterocycles. The van der Waals surface area contributed by atoms with E-state index in [2.05, 4.69) is 9.88 Å². The number of hydrogen-bond acceptors (Lipinski definition) is 5. The molecule has 0 radical (unpaired) electrons. The maximum atomic E-state index is 10.0. The Labute approximate surface area is 125 Å². The van der Waals surface area contributed by atoms with Gasteiger partial charge in [-0.15, -0.1) is 0 Å². The Morgan fingerprint density at radius 3 is 3.05 bits per heavy atom. The number of nitrogens with zero attached hydrogens (tertiary/aromatic N) is 2. The van der Waals surface area contributed by atoms with Crippen LogP contribution in [0, 0.1) is 0 Å². The van der Waals surface area contributed by atoms with E-state index in [9.17, 15) is 5.11 Å². The van der Waals surface area contributed by atoms with Gasteiger partial charge in [0.05, 0.1) is 24.5 Å². The van der Waals surface area contributed by atoms with Crippen molar-refractivity contribution in [1.29, 1.82) is 0 Å². The molecule has 1 aliphatic carbocycles. The van der Waals surface area contributed by atoms with Crippen LogP contribution >= 0.6 is 0 Å². The average molecular weight is 292 g/mol. The highest BCUT2D eigenvalue weighted by Gasteiger charge is 2.50. The van der Waals surface area contributed by atoms with E-state index in [0.717, 1.165) is 50.2 Å². The molecule has 1 saturated heterocycles. The predicted octanol–water partition coefficient (Wildman–Crippen LogP) is 1.59. The van der Waals surface area contributed by atoms with Crippen LogP contribution in [0.5, 0.6) is 5.75 Å². The summed E-state index contributed by atoms with van der Waals surface area (Å²) in [6.45, 7) is 1.72. The molecule has 0 bridgehead atoms. The number of likely N-dealkylation sites (tertiary alicyclic amines) is 1. The Bertz CT molecular complexity index is 496. The maximum absolute atomic E-state index is 10.0. The zero-order valence-corrected chi connectivity index (χ0v) is 12.8. The molecule has 21 heavy (non-hydrogen) atoms. The number of aliphatic hydroxyl groups excluding tert-OH is 1. The minimum atomic E-state index is -0.218. The van der Waals surface area contributed by atoms with Crippen LogP contribution < -0.4 is 4.74 Å². The van der Waals surface area contributed by atoms with Crippen molar-refractivity contribution < 1.29 is 14.6 Å². The lowest BCUT2D eigenvalue weighted by Gasteiger charge is -2.42. The molecule has 5 nitrogen and oxygen atoms in total. The first kappa shape index (κ1) is 14.8. The first-order chi connectivity index (χ1) is 10.2. The molecule has 2 fully saturated rings. The monoisotopic (exact) mass is 292 g/mol. The summed E-state index contributed by atoms with van der Waals surface area (Å²) in [5.41, 5.74) is 0.855. The maximum Gasteiger partial charge on any atom is 0.141 e. The number of aliphatic hydroxyl groups is 1. The summed E-state index contributed by atoms with van der Waals surface area (Å²) in [4.78, 5) is 6.83. The molecule has 0 aromatic carbocycles. The van der Waals surface area contributed by atoms with Crippen LogP contribution in [0.3, 0.4) is 0 Å². The van der Waals surface area contributed by atoms with E-state index >= 15 is 0 Å². The SMILES string of the molecule is COc1cccnc1CN1CC[C@]2(OC)CC[C@@H](O)C[C@H]12. The molecule has 0 amide bonds. The fourth-order valence-electron chi connectivity index (χ4n) is 3.88.